The molecular weight excluding hydrogens is 294 g/mol. The molecule has 1 aliphatic heterocycles. The number of rotatable bonds is 7. The van der Waals surface area contributed by atoms with Crippen molar-refractivity contribution in [3.8, 4) is 5.75 Å². The molecule has 23 heavy (non-hydrogen) atoms. The van der Waals surface area contributed by atoms with Crippen molar-refractivity contribution in [2.75, 3.05) is 45.2 Å². The number of methoxy groups -OCH3 is 1. The lowest BCUT2D eigenvalue weighted by Gasteiger charge is -2.19. The first kappa shape index (κ1) is 17.3. The molecule has 0 bridgehead atoms. The molecule has 6 nitrogen and oxygen atoms in total. The largest absolute Gasteiger partial charge is 0.495 e. The fourth-order valence-electron chi connectivity index (χ4n) is 2.64. The Hall–Kier alpha value is -2.08. The summed E-state index contributed by atoms with van der Waals surface area (Å²) in [6.07, 6.45) is 0.244. The molecule has 0 saturated carbocycles. The molecule has 0 aromatic heterocycles. The van der Waals surface area contributed by atoms with Crippen LogP contribution in [-0.2, 0) is 9.59 Å². The SMILES string of the molecule is CCN(C)CCNC(=O)C1CC(=O)N(c2ccccc2OC)C1. The van der Waals surface area contributed by atoms with Gasteiger partial charge in [0.1, 0.15) is 5.75 Å². The Morgan fingerprint density at radius 2 is 2.17 bits per heavy atom. The summed E-state index contributed by atoms with van der Waals surface area (Å²) in [5.41, 5.74) is 0.723. The molecule has 1 heterocycles. The zero-order valence-corrected chi connectivity index (χ0v) is 14.0. The van der Waals surface area contributed by atoms with Crippen molar-refractivity contribution in [1.29, 1.82) is 0 Å². The first-order valence-corrected chi connectivity index (χ1v) is 7.96. The van der Waals surface area contributed by atoms with Gasteiger partial charge in [0, 0.05) is 26.1 Å². The number of carbonyl (C=O) groups is 2. The van der Waals surface area contributed by atoms with E-state index in [4.69, 9.17) is 4.74 Å². The maximum Gasteiger partial charge on any atom is 0.227 e. The van der Waals surface area contributed by atoms with Gasteiger partial charge in [0.2, 0.25) is 11.8 Å². The van der Waals surface area contributed by atoms with Gasteiger partial charge in [0.05, 0.1) is 18.7 Å². The van der Waals surface area contributed by atoms with Crippen molar-refractivity contribution < 1.29 is 14.3 Å². The average molecular weight is 319 g/mol. The number of nitrogens with zero attached hydrogens (tertiary/aromatic N) is 2. The van der Waals surface area contributed by atoms with Gasteiger partial charge >= 0.3 is 0 Å². The van der Waals surface area contributed by atoms with Crippen molar-refractivity contribution in [2.24, 2.45) is 5.92 Å². The van der Waals surface area contributed by atoms with Gasteiger partial charge in [0.15, 0.2) is 0 Å². The first-order valence-electron chi connectivity index (χ1n) is 7.96. The molecule has 1 atom stereocenters. The third kappa shape index (κ3) is 4.22. The smallest absolute Gasteiger partial charge is 0.227 e. The minimum absolute atomic E-state index is 0.0414. The molecule has 0 aliphatic carbocycles. The van der Waals surface area contributed by atoms with Crippen LogP contribution in [0.3, 0.4) is 0 Å². The Morgan fingerprint density at radius 1 is 1.43 bits per heavy atom. The van der Waals surface area contributed by atoms with Gasteiger partial charge in [-0.3, -0.25) is 9.59 Å². The van der Waals surface area contributed by atoms with Gasteiger partial charge in [0.25, 0.3) is 0 Å². The summed E-state index contributed by atoms with van der Waals surface area (Å²) in [6.45, 7) is 4.82. The van der Waals surface area contributed by atoms with Crippen LogP contribution in [0.1, 0.15) is 13.3 Å². The van der Waals surface area contributed by atoms with Crippen molar-refractivity contribution in [3.05, 3.63) is 24.3 Å². The Balaban J connectivity index is 1.95. The van der Waals surface area contributed by atoms with E-state index in [-0.39, 0.29) is 24.2 Å². The molecule has 1 aliphatic rings. The monoisotopic (exact) mass is 319 g/mol. The highest BCUT2D eigenvalue weighted by Crippen LogP contribution is 2.32. The van der Waals surface area contributed by atoms with Gasteiger partial charge in [-0.1, -0.05) is 19.1 Å². The molecular formula is C17H25N3O3. The Labute approximate surface area is 137 Å². The van der Waals surface area contributed by atoms with Crippen LogP contribution in [0.4, 0.5) is 5.69 Å². The van der Waals surface area contributed by atoms with E-state index in [2.05, 4.69) is 17.1 Å². The second kappa shape index (κ2) is 7.97. The standard InChI is InChI=1S/C17H25N3O3/c1-4-19(2)10-9-18-17(22)13-11-16(21)20(12-13)14-7-5-6-8-15(14)23-3/h5-8,13H,4,9-12H2,1-3H3,(H,18,22). The Bertz CT molecular complexity index is 562. The normalized spacial score (nSPS) is 17.7. The summed E-state index contributed by atoms with van der Waals surface area (Å²) in [7, 11) is 3.59. The van der Waals surface area contributed by atoms with Crippen molar-refractivity contribution >= 4 is 17.5 Å². The number of benzene rings is 1. The highest BCUT2D eigenvalue weighted by atomic mass is 16.5. The van der Waals surface area contributed by atoms with Crippen LogP contribution in [0, 0.1) is 5.92 Å². The number of anilines is 1. The fourth-order valence-corrected chi connectivity index (χ4v) is 2.64. The van der Waals surface area contributed by atoms with E-state index in [1.807, 2.05) is 31.3 Å². The molecule has 126 valence electrons. The summed E-state index contributed by atoms with van der Waals surface area (Å²) in [5.74, 6) is 0.242. The van der Waals surface area contributed by atoms with Crippen LogP contribution < -0.4 is 15.0 Å². The predicted octanol–water partition coefficient (Wildman–Crippen LogP) is 1.12. The number of hydrogen-bond acceptors (Lipinski definition) is 4. The maximum atomic E-state index is 12.3. The number of para-hydroxylation sites is 2. The van der Waals surface area contributed by atoms with Crippen LogP contribution >= 0.6 is 0 Å². The predicted molar refractivity (Wildman–Crippen MR) is 89.6 cm³/mol. The third-order valence-corrected chi connectivity index (χ3v) is 4.20. The number of carbonyl (C=O) groups excluding carboxylic acids is 2. The zero-order valence-electron chi connectivity index (χ0n) is 14.0. The molecule has 0 spiro atoms. The molecule has 6 heteroatoms. The van der Waals surface area contributed by atoms with Crippen LogP contribution in [0.5, 0.6) is 5.75 Å². The third-order valence-electron chi connectivity index (χ3n) is 4.20. The Kier molecular flexibility index (Phi) is 5.98. The summed E-state index contributed by atoms with van der Waals surface area (Å²) in [5, 5.41) is 2.92. The number of nitrogens with one attached hydrogen (secondary N) is 1. The molecule has 2 amide bonds. The van der Waals surface area contributed by atoms with Gasteiger partial charge in [-0.25, -0.2) is 0 Å². The molecule has 1 saturated heterocycles. The minimum Gasteiger partial charge on any atom is -0.495 e. The van der Waals surface area contributed by atoms with E-state index in [1.165, 1.54) is 0 Å². The molecule has 1 N–H and O–H groups in total. The topological polar surface area (TPSA) is 61.9 Å². The van der Waals surface area contributed by atoms with Gasteiger partial charge in [-0.2, -0.15) is 0 Å². The summed E-state index contributed by atoms with van der Waals surface area (Å²) >= 11 is 0. The van der Waals surface area contributed by atoms with Crippen LogP contribution in [-0.4, -0.2) is 57.1 Å². The lowest BCUT2D eigenvalue weighted by molar-refractivity contribution is -0.126. The quantitative estimate of drug-likeness (QED) is 0.818. The lowest BCUT2D eigenvalue weighted by Crippen LogP contribution is -2.37. The first-order chi connectivity index (χ1) is 11.1. The lowest BCUT2D eigenvalue weighted by atomic mass is 10.1. The molecule has 1 aromatic rings. The molecule has 1 aromatic carbocycles. The van der Waals surface area contributed by atoms with E-state index < -0.39 is 0 Å². The van der Waals surface area contributed by atoms with E-state index >= 15 is 0 Å². The minimum atomic E-state index is -0.306. The Morgan fingerprint density at radius 3 is 2.87 bits per heavy atom. The van der Waals surface area contributed by atoms with E-state index in [9.17, 15) is 9.59 Å². The number of likely N-dealkylation sites (N-methyl/N-ethyl adjacent to an activating group) is 1. The molecule has 2 rings (SSSR count). The number of amides is 2. The van der Waals surface area contributed by atoms with Gasteiger partial charge < -0.3 is 19.9 Å². The second-order valence-corrected chi connectivity index (χ2v) is 5.76. The van der Waals surface area contributed by atoms with Gasteiger partial charge in [-0.05, 0) is 25.7 Å². The van der Waals surface area contributed by atoms with Crippen molar-refractivity contribution in [1.82, 2.24) is 10.2 Å². The zero-order chi connectivity index (χ0) is 16.8. The van der Waals surface area contributed by atoms with Crippen molar-refractivity contribution in [2.45, 2.75) is 13.3 Å². The molecule has 1 unspecified atom stereocenters. The highest BCUT2D eigenvalue weighted by molar-refractivity contribution is 6.01. The summed E-state index contributed by atoms with van der Waals surface area (Å²) in [4.78, 5) is 28.3. The van der Waals surface area contributed by atoms with E-state index in [1.54, 1.807) is 12.0 Å². The van der Waals surface area contributed by atoms with E-state index in [0.717, 1.165) is 18.8 Å². The van der Waals surface area contributed by atoms with E-state index in [0.29, 0.717) is 18.8 Å². The average Bonchev–Trinajstić information content (AvgIpc) is 2.96. The number of hydrogen-bond donors (Lipinski definition) is 1. The molecule has 0 radical (unpaired) electrons. The maximum absolute atomic E-state index is 12.3. The number of ether oxygens (including phenoxy) is 1. The van der Waals surface area contributed by atoms with Crippen LogP contribution in [0.25, 0.3) is 0 Å². The molecule has 1 fully saturated rings. The van der Waals surface area contributed by atoms with Crippen LogP contribution in [0.2, 0.25) is 0 Å². The highest BCUT2D eigenvalue weighted by Gasteiger charge is 2.36. The fraction of sp³-hybridized carbons (Fsp3) is 0.529. The summed E-state index contributed by atoms with van der Waals surface area (Å²) < 4.78 is 5.31. The van der Waals surface area contributed by atoms with Crippen molar-refractivity contribution in [3.63, 3.8) is 0 Å². The summed E-state index contributed by atoms with van der Waals surface area (Å²) in [6, 6.07) is 7.38. The second-order valence-electron chi connectivity index (χ2n) is 5.76. The van der Waals surface area contributed by atoms with Gasteiger partial charge in [-0.15, -0.1) is 0 Å². The van der Waals surface area contributed by atoms with Crippen LogP contribution in [0.15, 0.2) is 24.3 Å².